The maximum absolute atomic E-state index is 11.9. The van der Waals surface area contributed by atoms with Crippen molar-refractivity contribution in [2.75, 3.05) is 5.32 Å². The summed E-state index contributed by atoms with van der Waals surface area (Å²) >= 11 is 7.10. The summed E-state index contributed by atoms with van der Waals surface area (Å²) in [7, 11) is 0. The van der Waals surface area contributed by atoms with Gasteiger partial charge in [0.05, 0.1) is 5.69 Å². The van der Waals surface area contributed by atoms with Crippen LogP contribution in [0.4, 0.5) is 5.13 Å². The van der Waals surface area contributed by atoms with Gasteiger partial charge in [-0.2, -0.15) is 0 Å². The van der Waals surface area contributed by atoms with E-state index >= 15 is 0 Å². The average Bonchev–Trinajstić information content (AvgIpc) is 2.94. The molecule has 1 aliphatic carbocycles. The number of nitrogens with one attached hydrogen (secondary N) is 1. The minimum atomic E-state index is -0.345. The van der Waals surface area contributed by atoms with Crippen LogP contribution in [0.1, 0.15) is 27.5 Å². The highest BCUT2D eigenvalue weighted by molar-refractivity contribution is 7.15. The largest absolute Gasteiger partial charge is 0.440 e. The monoisotopic (exact) mass is 297 g/mol. The number of carbonyl (C=O) groups is 1. The number of carbonyl (C=O) groups excluding carboxylic acids is 1. The molecular weight excluding hydrogens is 286 g/mol. The number of aryl methyl sites for hydroxylation is 1. The summed E-state index contributed by atoms with van der Waals surface area (Å²) in [4.78, 5) is 17.5. The first-order valence-corrected chi connectivity index (χ1v) is 7.12. The zero-order valence-corrected chi connectivity index (χ0v) is 11.6. The SMILES string of the molecule is N[C@H]1CCc2nc(NC(=O)c3ccc(Cl)o3)sc2C1. The molecule has 7 heteroatoms. The second kappa shape index (κ2) is 4.96. The van der Waals surface area contributed by atoms with Gasteiger partial charge in [-0.3, -0.25) is 10.1 Å². The molecule has 0 saturated carbocycles. The maximum atomic E-state index is 11.9. The molecule has 0 aliphatic heterocycles. The number of fused-ring (bicyclic) bond motifs is 1. The molecule has 5 nitrogen and oxygen atoms in total. The third-order valence-electron chi connectivity index (χ3n) is 3.00. The van der Waals surface area contributed by atoms with E-state index in [1.54, 1.807) is 0 Å². The van der Waals surface area contributed by atoms with Gasteiger partial charge in [0, 0.05) is 10.9 Å². The molecule has 2 aromatic heterocycles. The van der Waals surface area contributed by atoms with Crippen LogP contribution in [0.25, 0.3) is 0 Å². The Bertz CT molecular complexity index is 622. The second-order valence-corrected chi connectivity index (χ2v) is 5.91. The molecule has 0 bridgehead atoms. The fraction of sp³-hybridized carbons (Fsp3) is 0.333. The highest BCUT2D eigenvalue weighted by Crippen LogP contribution is 2.29. The van der Waals surface area contributed by atoms with Gasteiger partial charge in [0.1, 0.15) is 0 Å². The Morgan fingerprint density at radius 2 is 2.42 bits per heavy atom. The second-order valence-electron chi connectivity index (χ2n) is 4.45. The summed E-state index contributed by atoms with van der Waals surface area (Å²) in [6, 6.07) is 3.25. The molecule has 0 fully saturated rings. The molecule has 3 rings (SSSR count). The first-order valence-electron chi connectivity index (χ1n) is 5.92. The fourth-order valence-corrected chi connectivity index (χ4v) is 3.29. The van der Waals surface area contributed by atoms with Crippen molar-refractivity contribution >= 4 is 34.0 Å². The summed E-state index contributed by atoms with van der Waals surface area (Å²) < 4.78 is 5.05. The fourth-order valence-electron chi connectivity index (χ4n) is 2.05. The van der Waals surface area contributed by atoms with Crippen molar-refractivity contribution in [3.63, 3.8) is 0 Å². The normalized spacial score (nSPS) is 18.1. The van der Waals surface area contributed by atoms with E-state index in [0.717, 1.165) is 29.8 Å². The van der Waals surface area contributed by atoms with E-state index in [9.17, 15) is 4.79 Å². The van der Waals surface area contributed by atoms with Gasteiger partial charge in [-0.15, -0.1) is 11.3 Å². The minimum absolute atomic E-state index is 0.176. The summed E-state index contributed by atoms with van der Waals surface area (Å²) in [6.07, 6.45) is 2.64. The van der Waals surface area contributed by atoms with Crippen molar-refractivity contribution in [1.29, 1.82) is 0 Å². The van der Waals surface area contributed by atoms with Crippen LogP contribution in [0, 0.1) is 0 Å². The molecule has 0 spiro atoms. The van der Waals surface area contributed by atoms with Crippen molar-refractivity contribution in [1.82, 2.24) is 4.98 Å². The Morgan fingerprint density at radius 3 is 3.16 bits per heavy atom. The summed E-state index contributed by atoms with van der Waals surface area (Å²) in [5.74, 6) is -0.169. The Hall–Kier alpha value is -1.37. The number of hydrogen-bond acceptors (Lipinski definition) is 5. The van der Waals surface area contributed by atoms with Crippen LogP contribution in [0.5, 0.6) is 0 Å². The lowest BCUT2D eigenvalue weighted by molar-refractivity contribution is 0.0996. The van der Waals surface area contributed by atoms with E-state index < -0.39 is 0 Å². The topological polar surface area (TPSA) is 81.1 Å². The van der Waals surface area contributed by atoms with Gasteiger partial charge in [-0.25, -0.2) is 4.98 Å². The average molecular weight is 298 g/mol. The van der Waals surface area contributed by atoms with E-state index in [4.69, 9.17) is 21.8 Å². The maximum Gasteiger partial charge on any atom is 0.293 e. The molecule has 0 aromatic carbocycles. The number of hydrogen-bond donors (Lipinski definition) is 2. The number of anilines is 1. The van der Waals surface area contributed by atoms with Crippen molar-refractivity contribution < 1.29 is 9.21 Å². The first-order chi connectivity index (χ1) is 9.11. The third kappa shape index (κ3) is 2.65. The molecule has 3 N–H and O–H groups in total. The number of halogens is 1. The van der Waals surface area contributed by atoms with Crippen LogP contribution in [0.15, 0.2) is 16.5 Å². The number of nitrogens with zero attached hydrogens (tertiary/aromatic N) is 1. The quantitative estimate of drug-likeness (QED) is 0.892. The summed E-state index contributed by atoms with van der Waals surface area (Å²) in [5, 5.41) is 3.49. The molecule has 1 aliphatic rings. The first kappa shape index (κ1) is 12.7. The number of aromatic nitrogens is 1. The highest BCUT2D eigenvalue weighted by atomic mass is 35.5. The number of nitrogens with two attached hydrogens (primary N) is 1. The van der Waals surface area contributed by atoms with Gasteiger partial charge in [0.2, 0.25) is 0 Å². The van der Waals surface area contributed by atoms with Gasteiger partial charge in [0.25, 0.3) is 5.91 Å². The molecule has 0 unspecified atom stereocenters. The van der Waals surface area contributed by atoms with Gasteiger partial charge >= 0.3 is 0 Å². The van der Waals surface area contributed by atoms with Crippen molar-refractivity contribution in [3.8, 4) is 0 Å². The predicted molar refractivity (Wildman–Crippen MR) is 73.8 cm³/mol. The minimum Gasteiger partial charge on any atom is -0.440 e. The lowest BCUT2D eigenvalue weighted by Gasteiger charge is -2.15. The molecule has 100 valence electrons. The third-order valence-corrected chi connectivity index (χ3v) is 4.23. The molecular formula is C12H12ClN3O2S. The highest BCUT2D eigenvalue weighted by Gasteiger charge is 2.21. The van der Waals surface area contributed by atoms with Gasteiger partial charge in [0.15, 0.2) is 16.1 Å². The van der Waals surface area contributed by atoms with E-state index in [1.165, 1.54) is 23.5 Å². The van der Waals surface area contributed by atoms with Gasteiger partial charge in [-0.1, -0.05) is 0 Å². The molecule has 0 saturated heterocycles. The van der Waals surface area contributed by atoms with Crippen molar-refractivity contribution in [3.05, 3.63) is 33.7 Å². The van der Waals surface area contributed by atoms with Gasteiger partial charge in [-0.05, 0) is 43.0 Å². The lowest BCUT2D eigenvalue weighted by Crippen LogP contribution is -2.27. The van der Waals surface area contributed by atoms with Crippen LogP contribution in [-0.2, 0) is 12.8 Å². The summed E-state index contributed by atoms with van der Waals surface area (Å²) in [5.41, 5.74) is 6.96. The van der Waals surface area contributed by atoms with Crippen molar-refractivity contribution in [2.24, 2.45) is 5.73 Å². The van der Waals surface area contributed by atoms with Crippen LogP contribution in [0.3, 0.4) is 0 Å². The molecule has 2 aromatic rings. The van der Waals surface area contributed by atoms with Crippen LogP contribution in [0.2, 0.25) is 5.22 Å². The van der Waals surface area contributed by atoms with Crippen LogP contribution in [-0.4, -0.2) is 16.9 Å². The van der Waals surface area contributed by atoms with E-state index in [-0.39, 0.29) is 22.9 Å². The Labute approximate surface area is 118 Å². The molecule has 19 heavy (non-hydrogen) atoms. The van der Waals surface area contributed by atoms with Gasteiger partial charge < -0.3 is 10.2 Å². The Balaban J connectivity index is 1.75. The molecule has 1 atom stereocenters. The number of rotatable bonds is 2. The Morgan fingerprint density at radius 1 is 1.58 bits per heavy atom. The zero-order chi connectivity index (χ0) is 13.4. The molecule has 2 heterocycles. The van der Waals surface area contributed by atoms with E-state index in [2.05, 4.69) is 10.3 Å². The predicted octanol–water partition coefficient (Wildman–Crippen LogP) is 2.46. The molecule has 1 amide bonds. The number of furan rings is 1. The smallest absolute Gasteiger partial charge is 0.293 e. The molecule has 0 radical (unpaired) electrons. The van der Waals surface area contributed by atoms with Crippen molar-refractivity contribution in [2.45, 2.75) is 25.3 Å². The number of amides is 1. The van der Waals surface area contributed by atoms with Crippen LogP contribution >= 0.6 is 22.9 Å². The Kier molecular flexibility index (Phi) is 3.30. The lowest BCUT2D eigenvalue weighted by atomic mass is 9.99. The van der Waals surface area contributed by atoms with E-state index in [1.807, 2.05) is 0 Å². The zero-order valence-electron chi connectivity index (χ0n) is 9.98. The standard InChI is InChI=1S/C12H12ClN3O2S/c13-10-4-3-8(18-10)11(17)16-12-15-7-2-1-6(14)5-9(7)19-12/h3-4,6H,1-2,5,14H2,(H,15,16,17)/t6-/m0/s1. The van der Waals surface area contributed by atoms with Crippen LogP contribution < -0.4 is 11.1 Å². The van der Waals surface area contributed by atoms with E-state index in [0.29, 0.717) is 5.13 Å². The number of thiazole rings is 1. The summed E-state index contributed by atoms with van der Waals surface area (Å²) in [6.45, 7) is 0.